The van der Waals surface area contributed by atoms with E-state index in [4.69, 9.17) is 0 Å². The first-order valence-electron chi connectivity index (χ1n) is 8.36. The Kier molecular flexibility index (Phi) is 3.70. The average Bonchev–Trinajstić information content (AvgIpc) is 3.38. The van der Waals surface area contributed by atoms with E-state index in [-0.39, 0.29) is 29.2 Å². The monoisotopic (exact) mass is 330 g/mol. The maximum Gasteiger partial charge on any atom is 0.348 e. The number of nitrogens with one attached hydrogen (secondary N) is 1. The summed E-state index contributed by atoms with van der Waals surface area (Å²) in [5.74, 6) is 0.957. The van der Waals surface area contributed by atoms with Crippen molar-refractivity contribution in [3.05, 3.63) is 46.4 Å². The zero-order chi connectivity index (χ0) is 16.7. The molecule has 1 aromatic carbocycles. The normalized spacial score (nSPS) is 18.8. The van der Waals surface area contributed by atoms with Crippen LogP contribution in [0.15, 0.2) is 29.1 Å². The number of hydrogen-bond acceptors (Lipinski definition) is 3. The summed E-state index contributed by atoms with van der Waals surface area (Å²) in [4.78, 5) is 29.0. The molecule has 1 aromatic heterocycles. The van der Waals surface area contributed by atoms with Gasteiger partial charge < -0.3 is 4.90 Å². The van der Waals surface area contributed by atoms with Crippen molar-refractivity contribution < 1.29 is 9.18 Å². The number of hydrogen-bond donors (Lipinski definition) is 1. The van der Waals surface area contributed by atoms with Crippen LogP contribution in [0.2, 0.25) is 0 Å². The summed E-state index contributed by atoms with van der Waals surface area (Å²) in [7, 11) is 0. The minimum absolute atomic E-state index is 0.141. The maximum atomic E-state index is 13.0. The third kappa shape index (κ3) is 2.86. The van der Waals surface area contributed by atoms with Gasteiger partial charge in [0.05, 0.1) is 5.69 Å². The van der Waals surface area contributed by atoms with Gasteiger partial charge in [0.1, 0.15) is 11.6 Å². The van der Waals surface area contributed by atoms with Crippen molar-refractivity contribution in [2.75, 3.05) is 13.1 Å². The number of amides is 1. The summed E-state index contributed by atoms with van der Waals surface area (Å²) in [6.07, 6.45) is 3.64. The van der Waals surface area contributed by atoms with Crippen LogP contribution in [0.1, 0.15) is 37.4 Å². The predicted octanol–water partition coefficient (Wildman–Crippen LogP) is 1.82. The molecule has 126 valence electrons. The quantitative estimate of drug-likeness (QED) is 0.933. The number of carbonyl (C=O) groups excluding carboxylic acids is 1. The van der Waals surface area contributed by atoms with Crippen molar-refractivity contribution in [3.63, 3.8) is 0 Å². The Balaban J connectivity index is 1.47. The molecule has 1 aliphatic heterocycles. The fraction of sp³-hybridized carbons (Fsp3) is 0.471. The fourth-order valence-electron chi connectivity index (χ4n) is 3.24. The van der Waals surface area contributed by atoms with Crippen LogP contribution >= 0.6 is 0 Å². The molecule has 2 aromatic rings. The number of aromatic amines is 1. The van der Waals surface area contributed by atoms with Gasteiger partial charge in [0.15, 0.2) is 0 Å². The predicted molar refractivity (Wildman–Crippen MR) is 85.4 cm³/mol. The van der Waals surface area contributed by atoms with Gasteiger partial charge in [-0.2, -0.15) is 4.68 Å². The standard InChI is InChI=1S/C17H19FN4O2/c18-13-3-5-14(6-4-13)22-17(24)19-15(20-22)11-7-9-21(10-8-11)16(23)12-1-2-12/h3-6,11-12H,1-2,7-10H2,(H,19,20,24). The average molecular weight is 330 g/mol. The Morgan fingerprint density at radius 2 is 1.79 bits per heavy atom. The molecule has 0 unspecified atom stereocenters. The van der Waals surface area contributed by atoms with Crippen LogP contribution in [0.3, 0.4) is 0 Å². The SMILES string of the molecule is O=C(C1CC1)N1CCC(c2nn(-c3ccc(F)cc3)c(=O)[nH]2)CC1. The molecule has 0 atom stereocenters. The molecule has 7 heteroatoms. The van der Waals surface area contributed by atoms with E-state index < -0.39 is 0 Å². The summed E-state index contributed by atoms with van der Waals surface area (Å²) in [6, 6.07) is 5.66. The largest absolute Gasteiger partial charge is 0.348 e. The van der Waals surface area contributed by atoms with Crippen LogP contribution < -0.4 is 5.69 Å². The zero-order valence-corrected chi connectivity index (χ0v) is 13.2. The Labute approximate surface area is 138 Å². The molecule has 1 aliphatic carbocycles. The van der Waals surface area contributed by atoms with E-state index in [1.807, 2.05) is 4.90 Å². The number of piperidine rings is 1. The molecule has 24 heavy (non-hydrogen) atoms. The van der Waals surface area contributed by atoms with E-state index in [0.717, 1.165) is 25.7 Å². The second-order valence-corrected chi connectivity index (χ2v) is 6.58. The lowest BCUT2D eigenvalue weighted by molar-refractivity contribution is -0.133. The van der Waals surface area contributed by atoms with Gasteiger partial charge in [-0.1, -0.05) is 0 Å². The van der Waals surface area contributed by atoms with Gasteiger partial charge in [0, 0.05) is 24.9 Å². The van der Waals surface area contributed by atoms with Crippen LogP contribution in [0.4, 0.5) is 4.39 Å². The van der Waals surface area contributed by atoms with Crippen LogP contribution in [-0.2, 0) is 4.79 Å². The van der Waals surface area contributed by atoms with Gasteiger partial charge in [-0.25, -0.2) is 9.18 Å². The summed E-state index contributed by atoms with van der Waals surface area (Å²) in [5.41, 5.74) is 0.207. The molecule has 0 bridgehead atoms. The first-order valence-corrected chi connectivity index (χ1v) is 8.36. The first-order chi connectivity index (χ1) is 11.6. The number of aromatic nitrogens is 3. The van der Waals surface area contributed by atoms with Gasteiger partial charge in [-0.3, -0.25) is 9.78 Å². The van der Waals surface area contributed by atoms with Crippen LogP contribution in [0.25, 0.3) is 5.69 Å². The highest BCUT2D eigenvalue weighted by Crippen LogP contribution is 2.33. The number of nitrogens with zero attached hydrogens (tertiary/aromatic N) is 3. The fourth-order valence-corrected chi connectivity index (χ4v) is 3.24. The lowest BCUT2D eigenvalue weighted by atomic mass is 9.96. The van der Waals surface area contributed by atoms with Crippen molar-refractivity contribution >= 4 is 5.91 Å². The minimum Gasteiger partial charge on any atom is -0.342 e. The molecule has 4 rings (SSSR count). The molecule has 0 spiro atoms. The van der Waals surface area contributed by atoms with Crippen LogP contribution in [0, 0.1) is 11.7 Å². The molecule has 1 amide bonds. The minimum atomic E-state index is -0.352. The van der Waals surface area contributed by atoms with E-state index in [1.54, 1.807) is 0 Å². The zero-order valence-electron chi connectivity index (χ0n) is 13.2. The lowest BCUT2D eigenvalue weighted by Gasteiger charge is -2.31. The smallest absolute Gasteiger partial charge is 0.342 e. The van der Waals surface area contributed by atoms with E-state index in [1.165, 1.54) is 28.9 Å². The second-order valence-electron chi connectivity index (χ2n) is 6.58. The van der Waals surface area contributed by atoms with Crippen molar-refractivity contribution in [2.45, 2.75) is 31.6 Å². The van der Waals surface area contributed by atoms with Gasteiger partial charge in [0.25, 0.3) is 0 Å². The highest BCUT2D eigenvalue weighted by atomic mass is 19.1. The number of halogens is 1. The highest BCUT2D eigenvalue weighted by molar-refractivity contribution is 5.81. The van der Waals surface area contributed by atoms with E-state index in [2.05, 4.69) is 10.1 Å². The van der Waals surface area contributed by atoms with Gasteiger partial charge in [-0.15, -0.1) is 5.10 Å². The molecule has 2 heterocycles. The van der Waals surface area contributed by atoms with Crippen molar-refractivity contribution in [1.82, 2.24) is 19.7 Å². The molecule has 1 saturated heterocycles. The van der Waals surface area contributed by atoms with E-state index in [0.29, 0.717) is 24.6 Å². The Hall–Kier alpha value is -2.44. The van der Waals surface area contributed by atoms with E-state index in [9.17, 15) is 14.0 Å². The van der Waals surface area contributed by atoms with Crippen molar-refractivity contribution in [3.8, 4) is 5.69 Å². The number of likely N-dealkylation sites (tertiary alicyclic amines) is 1. The molecule has 1 N–H and O–H groups in total. The maximum absolute atomic E-state index is 13.0. The van der Waals surface area contributed by atoms with Crippen molar-refractivity contribution in [1.29, 1.82) is 0 Å². The molecule has 2 fully saturated rings. The summed E-state index contributed by atoms with van der Waals surface area (Å²) in [5, 5.41) is 4.37. The first kappa shape index (κ1) is 15.1. The van der Waals surface area contributed by atoms with Crippen LogP contribution in [0.5, 0.6) is 0 Å². The lowest BCUT2D eigenvalue weighted by Crippen LogP contribution is -2.39. The molecular weight excluding hydrogens is 311 g/mol. The number of rotatable bonds is 3. The molecule has 1 saturated carbocycles. The van der Waals surface area contributed by atoms with Gasteiger partial charge in [-0.05, 0) is 49.9 Å². The molecule has 2 aliphatic rings. The third-order valence-electron chi connectivity index (χ3n) is 4.83. The summed E-state index contributed by atoms with van der Waals surface area (Å²) < 4.78 is 14.3. The molecular formula is C17H19FN4O2. The van der Waals surface area contributed by atoms with Gasteiger partial charge >= 0.3 is 5.69 Å². The molecule has 0 radical (unpaired) electrons. The Bertz CT molecular complexity index is 799. The van der Waals surface area contributed by atoms with E-state index >= 15 is 0 Å². The van der Waals surface area contributed by atoms with Crippen molar-refractivity contribution in [2.24, 2.45) is 5.92 Å². The summed E-state index contributed by atoms with van der Waals surface area (Å²) in [6.45, 7) is 1.43. The summed E-state index contributed by atoms with van der Waals surface area (Å²) >= 11 is 0. The van der Waals surface area contributed by atoms with Crippen LogP contribution in [-0.4, -0.2) is 38.7 Å². The number of benzene rings is 1. The Morgan fingerprint density at radius 3 is 2.42 bits per heavy atom. The topological polar surface area (TPSA) is 71.0 Å². The molecule has 6 nitrogen and oxygen atoms in total. The second kappa shape index (κ2) is 5.89. The highest BCUT2D eigenvalue weighted by Gasteiger charge is 2.35. The Morgan fingerprint density at radius 1 is 1.12 bits per heavy atom. The number of H-pyrrole nitrogens is 1. The third-order valence-corrected chi connectivity index (χ3v) is 4.83. The number of carbonyl (C=O) groups is 1. The van der Waals surface area contributed by atoms with Gasteiger partial charge in [0.2, 0.25) is 5.91 Å².